The van der Waals surface area contributed by atoms with E-state index >= 15 is 0 Å². The minimum absolute atomic E-state index is 0.00171. The lowest BCUT2D eigenvalue weighted by Crippen LogP contribution is -2.35. The van der Waals surface area contributed by atoms with Crippen LogP contribution in [0.2, 0.25) is 0 Å². The van der Waals surface area contributed by atoms with Crippen LogP contribution < -0.4 is 0 Å². The van der Waals surface area contributed by atoms with Gasteiger partial charge in [0.05, 0.1) is 0 Å². The molecule has 5 heteroatoms. The normalized spacial score (nSPS) is 16.6. The molecule has 1 heterocycles. The first-order chi connectivity index (χ1) is 10.6. The zero-order chi connectivity index (χ0) is 15.9. The van der Waals surface area contributed by atoms with Crippen molar-refractivity contribution in [2.45, 2.75) is 19.8 Å². The van der Waals surface area contributed by atoms with Gasteiger partial charge in [-0.05, 0) is 50.1 Å². The van der Waals surface area contributed by atoms with Crippen LogP contribution in [-0.2, 0) is 4.74 Å². The summed E-state index contributed by atoms with van der Waals surface area (Å²) in [5, 5.41) is 0. The molecule has 0 aromatic heterocycles. The number of hydrogen-bond donors (Lipinski definition) is 0. The summed E-state index contributed by atoms with van der Waals surface area (Å²) in [6.45, 7) is 6.84. The molecule has 22 heavy (non-hydrogen) atoms. The molecule has 1 amide bonds. The predicted molar refractivity (Wildman–Crippen MR) is 84.6 cm³/mol. The topological polar surface area (TPSA) is 32.8 Å². The van der Waals surface area contributed by atoms with Gasteiger partial charge in [-0.25, -0.2) is 4.39 Å². The van der Waals surface area contributed by atoms with Crippen LogP contribution in [0.4, 0.5) is 4.39 Å². The maximum atomic E-state index is 13.3. The Balaban J connectivity index is 1.92. The van der Waals surface area contributed by atoms with Crippen LogP contribution in [0.25, 0.3) is 0 Å². The molecule has 0 spiro atoms. The largest absolute Gasteiger partial charge is 0.385 e. The van der Waals surface area contributed by atoms with Crippen molar-refractivity contribution in [3.8, 4) is 0 Å². The smallest absolute Gasteiger partial charge is 0.253 e. The van der Waals surface area contributed by atoms with E-state index in [1.807, 2.05) is 4.90 Å². The number of carbonyl (C=O) groups excluding carboxylic acids is 1. The monoisotopic (exact) mass is 308 g/mol. The molecule has 0 aliphatic carbocycles. The van der Waals surface area contributed by atoms with Gasteiger partial charge in [0, 0.05) is 45.5 Å². The van der Waals surface area contributed by atoms with Crippen molar-refractivity contribution in [1.29, 1.82) is 0 Å². The zero-order valence-corrected chi connectivity index (χ0v) is 13.5. The minimum atomic E-state index is -0.267. The quantitative estimate of drug-likeness (QED) is 0.783. The summed E-state index contributed by atoms with van der Waals surface area (Å²) < 4.78 is 18.4. The molecule has 122 valence electrons. The Bertz CT molecular complexity index is 507. The fourth-order valence-corrected chi connectivity index (χ4v) is 2.79. The molecule has 0 radical (unpaired) electrons. The predicted octanol–water partition coefficient (Wildman–Crippen LogP) is 2.32. The zero-order valence-electron chi connectivity index (χ0n) is 13.5. The first-order valence-electron chi connectivity index (χ1n) is 7.88. The molecular weight excluding hydrogens is 283 g/mol. The van der Waals surface area contributed by atoms with Gasteiger partial charge >= 0.3 is 0 Å². The van der Waals surface area contributed by atoms with Gasteiger partial charge in [0.2, 0.25) is 0 Å². The van der Waals surface area contributed by atoms with E-state index in [4.69, 9.17) is 4.74 Å². The highest BCUT2D eigenvalue weighted by molar-refractivity contribution is 5.94. The molecule has 1 aromatic rings. The summed E-state index contributed by atoms with van der Waals surface area (Å²) in [4.78, 5) is 16.8. The van der Waals surface area contributed by atoms with E-state index in [1.165, 1.54) is 6.07 Å². The van der Waals surface area contributed by atoms with E-state index in [9.17, 15) is 9.18 Å². The first kappa shape index (κ1) is 16.9. The lowest BCUT2D eigenvalue weighted by atomic mass is 10.1. The van der Waals surface area contributed by atoms with Crippen molar-refractivity contribution in [3.63, 3.8) is 0 Å². The highest BCUT2D eigenvalue weighted by Crippen LogP contribution is 2.13. The summed E-state index contributed by atoms with van der Waals surface area (Å²) in [6.07, 6.45) is 1.99. The lowest BCUT2D eigenvalue weighted by molar-refractivity contribution is 0.0760. The molecular formula is C17H25FN2O2. The van der Waals surface area contributed by atoms with Crippen LogP contribution in [-0.4, -0.2) is 62.1 Å². The number of benzene rings is 1. The van der Waals surface area contributed by atoms with Gasteiger partial charge in [-0.2, -0.15) is 0 Å². The van der Waals surface area contributed by atoms with Gasteiger partial charge < -0.3 is 14.5 Å². The summed E-state index contributed by atoms with van der Waals surface area (Å²) >= 11 is 0. The Hall–Kier alpha value is -1.46. The Morgan fingerprint density at radius 2 is 2.09 bits per heavy atom. The second-order valence-corrected chi connectivity index (χ2v) is 5.80. The van der Waals surface area contributed by atoms with Crippen LogP contribution in [0.1, 0.15) is 28.8 Å². The number of ether oxygens (including phenoxy) is 1. The maximum absolute atomic E-state index is 13.3. The summed E-state index contributed by atoms with van der Waals surface area (Å²) in [6, 6.07) is 4.59. The second kappa shape index (κ2) is 8.25. The molecule has 1 aliphatic heterocycles. The average Bonchev–Trinajstić information content (AvgIpc) is 2.75. The molecule has 0 bridgehead atoms. The average molecular weight is 308 g/mol. The fraction of sp³-hybridized carbons (Fsp3) is 0.588. The van der Waals surface area contributed by atoms with E-state index in [1.54, 1.807) is 26.2 Å². The molecule has 0 saturated carbocycles. The van der Waals surface area contributed by atoms with Crippen LogP contribution in [0.3, 0.4) is 0 Å². The van der Waals surface area contributed by atoms with E-state index in [-0.39, 0.29) is 11.7 Å². The second-order valence-electron chi connectivity index (χ2n) is 5.80. The van der Waals surface area contributed by atoms with Crippen LogP contribution in [0, 0.1) is 12.7 Å². The Morgan fingerprint density at radius 1 is 1.27 bits per heavy atom. The van der Waals surface area contributed by atoms with E-state index < -0.39 is 0 Å². The van der Waals surface area contributed by atoms with Crippen LogP contribution in [0.15, 0.2) is 18.2 Å². The molecule has 4 nitrogen and oxygen atoms in total. The molecule has 0 N–H and O–H groups in total. The molecule has 1 saturated heterocycles. The highest BCUT2D eigenvalue weighted by atomic mass is 19.1. The van der Waals surface area contributed by atoms with Crippen LogP contribution in [0.5, 0.6) is 0 Å². The third kappa shape index (κ3) is 4.52. The molecule has 0 atom stereocenters. The van der Waals surface area contributed by atoms with E-state index in [2.05, 4.69) is 4.90 Å². The van der Waals surface area contributed by atoms with Gasteiger partial charge in [0.15, 0.2) is 0 Å². The molecule has 1 fully saturated rings. The number of carbonyl (C=O) groups is 1. The number of nitrogens with zero attached hydrogens (tertiary/aromatic N) is 2. The minimum Gasteiger partial charge on any atom is -0.385 e. The molecule has 0 unspecified atom stereocenters. The van der Waals surface area contributed by atoms with Crippen molar-refractivity contribution in [1.82, 2.24) is 9.80 Å². The lowest BCUT2D eigenvalue weighted by Gasteiger charge is -2.22. The summed E-state index contributed by atoms with van der Waals surface area (Å²) in [7, 11) is 1.72. The third-order valence-corrected chi connectivity index (χ3v) is 4.10. The van der Waals surface area contributed by atoms with Gasteiger partial charge in [-0.1, -0.05) is 0 Å². The standard InChI is InChI=1S/C17H25FN2O2/c1-14-13-15(5-6-16(14)18)17(21)20-9-3-7-19(10-11-20)8-4-12-22-2/h5-6,13H,3-4,7-12H2,1-2H3. The Labute approximate surface area is 131 Å². The van der Waals surface area contributed by atoms with E-state index in [0.717, 1.165) is 52.2 Å². The summed E-state index contributed by atoms with van der Waals surface area (Å²) in [5.74, 6) is -0.265. The number of rotatable bonds is 5. The van der Waals surface area contributed by atoms with Crippen molar-refractivity contribution in [3.05, 3.63) is 35.1 Å². The molecule has 2 rings (SSSR count). The molecule has 1 aliphatic rings. The van der Waals surface area contributed by atoms with Crippen molar-refractivity contribution < 1.29 is 13.9 Å². The van der Waals surface area contributed by atoms with Crippen LogP contribution >= 0.6 is 0 Å². The van der Waals surface area contributed by atoms with Crippen molar-refractivity contribution in [2.24, 2.45) is 0 Å². The maximum Gasteiger partial charge on any atom is 0.253 e. The van der Waals surface area contributed by atoms with Gasteiger partial charge in [0.1, 0.15) is 5.82 Å². The van der Waals surface area contributed by atoms with Gasteiger partial charge in [0.25, 0.3) is 5.91 Å². The first-order valence-corrected chi connectivity index (χ1v) is 7.88. The van der Waals surface area contributed by atoms with Crippen molar-refractivity contribution in [2.75, 3.05) is 46.4 Å². The van der Waals surface area contributed by atoms with Crippen molar-refractivity contribution >= 4 is 5.91 Å². The Kier molecular flexibility index (Phi) is 6.34. The molecule has 1 aromatic carbocycles. The number of halogens is 1. The third-order valence-electron chi connectivity index (χ3n) is 4.10. The van der Waals surface area contributed by atoms with E-state index in [0.29, 0.717) is 11.1 Å². The van der Waals surface area contributed by atoms with Gasteiger partial charge in [-0.3, -0.25) is 4.79 Å². The van der Waals surface area contributed by atoms with Gasteiger partial charge in [-0.15, -0.1) is 0 Å². The number of hydrogen-bond acceptors (Lipinski definition) is 3. The number of aryl methyl sites for hydroxylation is 1. The summed E-state index contributed by atoms with van der Waals surface area (Å²) in [5.41, 5.74) is 1.09. The SMILES string of the molecule is COCCCN1CCCN(C(=O)c2ccc(F)c(C)c2)CC1. The fourth-order valence-electron chi connectivity index (χ4n) is 2.79. The number of methoxy groups -OCH3 is 1. The highest BCUT2D eigenvalue weighted by Gasteiger charge is 2.20. The Morgan fingerprint density at radius 3 is 2.82 bits per heavy atom. The number of amides is 1.